The molecule has 0 saturated heterocycles. The summed E-state index contributed by atoms with van der Waals surface area (Å²) in [7, 11) is 5.43. The summed E-state index contributed by atoms with van der Waals surface area (Å²) in [4.78, 5) is 13.3. The van der Waals surface area contributed by atoms with Crippen molar-refractivity contribution in [3.05, 3.63) is 0 Å². The van der Waals surface area contributed by atoms with Crippen LogP contribution in [0.3, 0.4) is 0 Å². The number of nitrogens with one attached hydrogen (secondary N) is 2. The SMILES string of the molecule is CNC(=O)CC(C)NCCN(C)CCOC. The summed E-state index contributed by atoms with van der Waals surface area (Å²) in [5.74, 6) is 0.0766. The Hall–Kier alpha value is -0.650. The highest BCUT2D eigenvalue weighted by molar-refractivity contribution is 5.76. The summed E-state index contributed by atoms with van der Waals surface area (Å²) in [6, 6.07) is 0.218. The Morgan fingerprint density at radius 3 is 2.69 bits per heavy atom. The largest absolute Gasteiger partial charge is 0.383 e. The standard InChI is InChI=1S/C11H25N3O2/c1-10(9-11(15)12-2)13-5-6-14(3)7-8-16-4/h10,13H,5-9H2,1-4H3,(H,12,15). The second kappa shape index (κ2) is 9.57. The molecule has 0 aromatic carbocycles. The fraction of sp³-hybridized carbons (Fsp3) is 0.909. The molecule has 0 aliphatic rings. The molecule has 0 radical (unpaired) electrons. The van der Waals surface area contributed by atoms with Crippen LogP contribution < -0.4 is 10.6 Å². The first-order chi connectivity index (χ1) is 7.60. The van der Waals surface area contributed by atoms with Gasteiger partial charge in [-0.1, -0.05) is 0 Å². The third kappa shape index (κ3) is 8.64. The van der Waals surface area contributed by atoms with Crippen LogP contribution in [0.15, 0.2) is 0 Å². The number of ether oxygens (including phenoxy) is 1. The van der Waals surface area contributed by atoms with E-state index in [1.54, 1.807) is 14.2 Å². The molecule has 0 aromatic heterocycles. The van der Waals surface area contributed by atoms with Crippen LogP contribution in [0.5, 0.6) is 0 Å². The maximum atomic E-state index is 11.1. The van der Waals surface area contributed by atoms with Crippen LogP contribution in [-0.4, -0.2) is 64.3 Å². The van der Waals surface area contributed by atoms with Crippen molar-refractivity contribution < 1.29 is 9.53 Å². The zero-order chi connectivity index (χ0) is 12.4. The lowest BCUT2D eigenvalue weighted by Gasteiger charge is -2.18. The molecule has 0 heterocycles. The number of methoxy groups -OCH3 is 1. The Kier molecular flexibility index (Phi) is 9.18. The Bertz CT molecular complexity index is 188. The fourth-order valence-electron chi connectivity index (χ4n) is 1.31. The molecule has 1 atom stereocenters. The quantitative estimate of drug-likeness (QED) is 0.571. The molecule has 0 fully saturated rings. The van der Waals surface area contributed by atoms with E-state index in [1.165, 1.54) is 0 Å². The number of likely N-dealkylation sites (N-methyl/N-ethyl adjacent to an activating group) is 1. The number of hydrogen-bond donors (Lipinski definition) is 2. The lowest BCUT2D eigenvalue weighted by Crippen LogP contribution is -2.37. The van der Waals surface area contributed by atoms with Gasteiger partial charge in [-0.2, -0.15) is 0 Å². The first-order valence-corrected chi connectivity index (χ1v) is 5.71. The number of amides is 1. The van der Waals surface area contributed by atoms with E-state index in [0.29, 0.717) is 6.42 Å². The fourth-order valence-corrected chi connectivity index (χ4v) is 1.31. The predicted molar refractivity (Wildman–Crippen MR) is 65.5 cm³/mol. The monoisotopic (exact) mass is 231 g/mol. The van der Waals surface area contributed by atoms with Crippen LogP contribution in [0, 0.1) is 0 Å². The van der Waals surface area contributed by atoms with E-state index >= 15 is 0 Å². The Morgan fingerprint density at radius 2 is 2.12 bits per heavy atom. The highest BCUT2D eigenvalue weighted by Crippen LogP contribution is 1.90. The summed E-state index contributed by atoms with van der Waals surface area (Å²) in [5, 5.41) is 5.93. The van der Waals surface area contributed by atoms with Gasteiger partial charge in [0.2, 0.25) is 5.91 Å². The van der Waals surface area contributed by atoms with Gasteiger partial charge in [0.25, 0.3) is 0 Å². The second-order valence-corrected chi connectivity index (χ2v) is 4.03. The number of nitrogens with zero attached hydrogens (tertiary/aromatic N) is 1. The highest BCUT2D eigenvalue weighted by atomic mass is 16.5. The van der Waals surface area contributed by atoms with E-state index in [0.717, 1.165) is 26.2 Å². The summed E-state index contributed by atoms with van der Waals surface area (Å²) in [5.41, 5.74) is 0. The molecule has 2 N–H and O–H groups in total. The number of hydrogen-bond acceptors (Lipinski definition) is 4. The van der Waals surface area contributed by atoms with Gasteiger partial charge >= 0.3 is 0 Å². The number of carbonyl (C=O) groups excluding carboxylic acids is 1. The highest BCUT2D eigenvalue weighted by Gasteiger charge is 2.06. The molecule has 0 aliphatic carbocycles. The number of carbonyl (C=O) groups is 1. The average molecular weight is 231 g/mol. The van der Waals surface area contributed by atoms with Gasteiger partial charge < -0.3 is 20.3 Å². The van der Waals surface area contributed by atoms with E-state index < -0.39 is 0 Å². The van der Waals surface area contributed by atoms with Crippen molar-refractivity contribution in [1.82, 2.24) is 15.5 Å². The van der Waals surface area contributed by atoms with E-state index in [4.69, 9.17) is 4.74 Å². The first-order valence-electron chi connectivity index (χ1n) is 5.71. The van der Waals surface area contributed by atoms with Gasteiger partial charge in [-0.3, -0.25) is 4.79 Å². The van der Waals surface area contributed by atoms with E-state index in [1.807, 2.05) is 6.92 Å². The normalized spacial score (nSPS) is 12.8. The van der Waals surface area contributed by atoms with E-state index in [9.17, 15) is 4.79 Å². The average Bonchev–Trinajstić information content (AvgIpc) is 2.26. The molecule has 0 saturated carbocycles. The maximum absolute atomic E-state index is 11.1. The van der Waals surface area contributed by atoms with Gasteiger partial charge in [-0.05, 0) is 14.0 Å². The molecule has 0 spiro atoms. The summed E-state index contributed by atoms with van der Waals surface area (Å²) < 4.78 is 4.99. The van der Waals surface area contributed by atoms with Crippen LogP contribution in [0.2, 0.25) is 0 Å². The zero-order valence-electron chi connectivity index (χ0n) is 10.9. The lowest BCUT2D eigenvalue weighted by molar-refractivity contribution is -0.121. The number of rotatable bonds is 9. The van der Waals surface area contributed by atoms with Gasteiger partial charge in [0.15, 0.2) is 0 Å². The maximum Gasteiger partial charge on any atom is 0.221 e. The van der Waals surface area contributed by atoms with Gasteiger partial charge in [0.1, 0.15) is 0 Å². The van der Waals surface area contributed by atoms with Crippen molar-refractivity contribution in [2.75, 3.05) is 47.4 Å². The molecular formula is C11H25N3O2. The summed E-state index contributed by atoms with van der Waals surface area (Å²) >= 11 is 0. The molecule has 0 aliphatic heterocycles. The molecule has 1 unspecified atom stereocenters. The molecule has 5 nitrogen and oxygen atoms in total. The molecule has 0 rings (SSSR count). The summed E-state index contributed by atoms with van der Waals surface area (Å²) in [6.45, 7) is 5.55. The minimum atomic E-state index is 0.0766. The third-order valence-corrected chi connectivity index (χ3v) is 2.43. The van der Waals surface area contributed by atoms with Crippen LogP contribution in [0.4, 0.5) is 0 Å². The Labute approximate surface area is 98.5 Å². The molecule has 16 heavy (non-hydrogen) atoms. The van der Waals surface area contributed by atoms with Crippen molar-refractivity contribution in [3.8, 4) is 0 Å². The van der Waals surface area contributed by atoms with Crippen molar-refractivity contribution in [2.45, 2.75) is 19.4 Å². The van der Waals surface area contributed by atoms with E-state index in [-0.39, 0.29) is 11.9 Å². The van der Waals surface area contributed by atoms with Gasteiger partial charge in [0.05, 0.1) is 6.61 Å². The molecule has 96 valence electrons. The minimum Gasteiger partial charge on any atom is -0.383 e. The van der Waals surface area contributed by atoms with E-state index in [2.05, 4.69) is 22.6 Å². The van der Waals surface area contributed by atoms with Crippen molar-refractivity contribution >= 4 is 5.91 Å². The van der Waals surface area contributed by atoms with Crippen molar-refractivity contribution in [3.63, 3.8) is 0 Å². The first kappa shape index (κ1) is 15.3. The van der Waals surface area contributed by atoms with Gasteiger partial charge in [-0.25, -0.2) is 0 Å². The smallest absolute Gasteiger partial charge is 0.221 e. The van der Waals surface area contributed by atoms with Gasteiger partial charge in [-0.15, -0.1) is 0 Å². The van der Waals surface area contributed by atoms with Crippen LogP contribution in [0.25, 0.3) is 0 Å². The van der Waals surface area contributed by atoms with Crippen molar-refractivity contribution in [2.24, 2.45) is 0 Å². The van der Waals surface area contributed by atoms with Gasteiger partial charge in [0, 0.05) is 46.3 Å². The zero-order valence-corrected chi connectivity index (χ0v) is 10.9. The van der Waals surface area contributed by atoms with Crippen LogP contribution in [0.1, 0.15) is 13.3 Å². The lowest BCUT2D eigenvalue weighted by atomic mass is 10.2. The molecule has 0 aromatic rings. The topological polar surface area (TPSA) is 53.6 Å². The van der Waals surface area contributed by atoms with Crippen molar-refractivity contribution in [1.29, 1.82) is 0 Å². The third-order valence-electron chi connectivity index (χ3n) is 2.43. The van der Waals surface area contributed by atoms with Crippen LogP contribution in [-0.2, 0) is 9.53 Å². The molecular weight excluding hydrogens is 206 g/mol. The predicted octanol–water partition coefficient (Wildman–Crippen LogP) is -0.321. The van der Waals surface area contributed by atoms with Crippen LogP contribution >= 0.6 is 0 Å². The Balaban J connectivity index is 3.46. The minimum absolute atomic E-state index is 0.0766. The molecule has 1 amide bonds. The Morgan fingerprint density at radius 1 is 1.44 bits per heavy atom. The molecule has 5 heteroatoms. The molecule has 0 bridgehead atoms. The summed E-state index contributed by atoms with van der Waals surface area (Å²) in [6.07, 6.45) is 0.526. The second-order valence-electron chi connectivity index (χ2n) is 4.03.